The summed E-state index contributed by atoms with van der Waals surface area (Å²) >= 11 is 0. The lowest BCUT2D eigenvalue weighted by Gasteiger charge is -2.17. The highest BCUT2D eigenvalue weighted by Crippen LogP contribution is 2.34. The molecule has 0 saturated carbocycles. The summed E-state index contributed by atoms with van der Waals surface area (Å²) in [6, 6.07) is 19.1. The molecular formula is C23H21N3O2. The van der Waals surface area contributed by atoms with Gasteiger partial charge in [0.15, 0.2) is 0 Å². The van der Waals surface area contributed by atoms with E-state index in [2.05, 4.69) is 16.4 Å². The Kier molecular flexibility index (Phi) is 5.71. The number of pyridine rings is 1. The van der Waals surface area contributed by atoms with Crippen LogP contribution in [0, 0.1) is 25.2 Å². The largest absolute Gasteiger partial charge is 0.477 e. The van der Waals surface area contributed by atoms with E-state index in [1.807, 2.05) is 68.4 Å². The Morgan fingerprint density at radius 2 is 1.79 bits per heavy atom. The van der Waals surface area contributed by atoms with Gasteiger partial charge >= 0.3 is 0 Å². The number of nitrogens with one attached hydrogen (secondary N) is 1. The summed E-state index contributed by atoms with van der Waals surface area (Å²) in [5.74, 6) is -0.0688. The molecule has 0 fully saturated rings. The second-order valence-electron chi connectivity index (χ2n) is 6.36. The molecule has 1 heterocycles. The molecule has 0 aliphatic carbocycles. The lowest BCUT2D eigenvalue weighted by molar-refractivity contribution is 0.102. The molecule has 0 atom stereocenters. The fraction of sp³-hybridized carbons (Fsp3) is 0.174. The number of nitriles is 1. The first-order chi connectivity index (χ1) is 13.5. The Bertz CT molecular complexity index is 1040. The highest BCUT2D eigenvalue weighted by molar-refractivity contribution is 6.10. The number of nitrogens with zero attached hydrogens (tertiary/aromatic N) is 2. The van der Waals surface area contributed by atoms with Gasteiger partial charge in [-0.3, -0.25) is 4.79 Å². The quantitative estimate of drug-likeness (QED) is 0.693. The molecule has 28 heavy (non-hydrogen) atoms. The zero-order chi connectivity index (χ0) is 20.1. The van der Waals surface area contributed by atoms with Crippen LogP contribution in [0.15, 0.2) is 54.6 Å². The van der Waals surface area contributed by atoms with Crippen LogP contribution in [0.4, 0.5) is 5.69 Å². The Balaban J connectivity index is 2.21. The number of aryl methyl sites for hydroxylation is 2. The van der Waals surface area contributed by atoms with E-state index in [-0.39, 0.29) is 17.4 Å². The van der Waals surface area contributed by atoms with E-state index < -0.39 is 0 Å². The fourth-order valence-corrected chi connectivity index (χ4v) is 3.02. The maximum Gasteiger partial charge on any atom is 0.258 e. The normalized spacial score (nSPS) is 10.2. The predicted molar refractivity (Wildman–Crippen MR) is 109 cm³/mol. The van der Waals surface area contributed by atoms with E-state index in [1.165, 1.54) is 0 Å². The second-order valence-corrected chi connectivity index (χ2v) is 6.36. The first-order valence-electron chi connectivity index (χ1n) is 9.06. The van der Waals surface area contributed by atoms with Gasteiger partial charge < -0.3 is 10.1 Å². The lowest BCUT2D eigenvalue weighted by atomic mass is 9.93. The maximum atomic E-state index is 13.1. The molecule has 1 amide bonds. The first kappa shape index (κ1) is 19.1. The first-order valence-corrected chi connectivity index (χ1v) is 9.06. The molecule has 0 unspecified atom stereocenters. The summed E-state index contributed by atoms with van der Waals surface area (Å²) in [4.78, 5) is 17.5. The molecule has 0 aliphatic heterocycles. The third-order valence-electron chi connectivity index (χ3n) is 4.34. The van der Waals surface area contributed by atoms with Crippen molar-refractivity contribution < 1.29 is 9.53 Å². The Morgan fingerprint density at radius 1 is 1.11 bits per heavy atom. The van der Waals surface area contributed by atoms with E-state index in [0.717, 1.165) is 11.1 Å². The van der Waals surface area contributed by atoms with Crippen LogP contribution in [0.2, 0.25) is 0 Å². The van der Waals surface area contributed by atoms with Crippen LogP contribution >= 0.6 is 0 Å². The standard InChI is InChI=1S/C23H21N3O2/c1-4-28-23-19(14-24)21(17-12-10-15(2)11-13-17)20(16(3)25-23)22(27)26-18-8-6-5-7-9-18/h5-13H,4H2,1-3H3,(H,26,27). The van der Waals surface area contributed by atoms with Crippen molar-refractivity contribution in [2.45, 2.75) is 20.8 Å². The molecule has 5 nitrogen and oxygen atoms in total. The smallest absolute Gasteiger partial charge is 0.258 e. The minimum atomic E-state index is -0.314. The minimum Gasteiger partial charge on any atom is -0.477 e. The van der Waals surface area contributed by atoms with Crippen LogP contribution in [0.25, 0.3) is 11.1 Å². The van der Waals surface area contributed by atoms with Crippen molar-refractivity contribution in [3.8, 4) is 23.1 Å². The Hall–Kier alpha value is -3.65. The number of benzene rings is 2. The number of carbonyl (C=O) groups is 1. The topological polar surface area (TPSA) is 75.0 Å². The van der Waals surface area contributed by atoms with Gasteiger partial charge in [-0.05, 0) is 38.5 Å². The summed E-state index contributed by atoms with van der Waals surface area (Å²) < 4.78 is 5.58. The van der Waals surface area contributed by atoms with Gasteiger partial charge in [0.2, 0.25) is 5.88 Å². The third-order valence-corrected chi connectivity index (χ3v) is 4.34. The lowest BCUT2D eigenvalue weighted by Crippen LogP contribution is -2.17. The van der Waals surface area contributed by atoms with Crippen molar-refractivity contribution >= 4 is 11.6 Å². The number of anilines is 1. The Labute approximate surface area is 164 Å². The van der Waals surface area contributed by atoms with Gasteiger partial charge in [-0.15, -0.1) is 0 Å². The average molecular weight is 371 g/mol. The molecule has 1 aromatic heterocycles. The average Bonchev–Trinajstić information content (AvgIpc) is 2.69. The van der Waals surface area contributed by atoms with Crippen molar-refractivity contribution in [2.75, 3.05) is 11.9 Å². The van der Waals surface area contributed by atoms with Crippen LogP contribution in [0.1, 0.15) is 34.1 Å². The van der Waals surface area contributed by atoms with Gasteiger partial charge in [0.1, 0.15) is 11.6 Å². The number of para-hydroxylation sites is 1. The monoisotopic (exact) mass is 371 g/mol. The van der Waals surface area contributed by atoms with Gasteiger partial charge in [-0.1, -0.05) is 48.0 Å². The van der Waals surface area contributed by atoms with E-state index in [9.17, 15) is 10.1 Å². The van der Waals surface area contributed by atoms with Crippen molar-refractivity contribution in [2.24, 2.45) is 0 Å². The minimum absolute atomic E-state index is 0.245. The van der Waals surface area contributed by atoms with Crippen molar-refractivity contribution in [3.63, 3.8) is 0 Å². The van der Waals surface area contributed by atoms with Gasteiger partial charge in [0.25, 0.3) is 5.91 Å². The molecule has 3 aromatic rings. The number of aromatic nitrogens is 1. The molecule has 0 aliphatic rings. The van der Waals surface area contributed by atoms with Crippen LogP contribution in [-0.4, -0.2) is 17.5 Å². The number of hydrogen-bond donors (Lipinski definition) is 1. The molecule has 3 rings (SSSR count). The highest BCUT2D eigenvalue weighted by Gasteiger charge is 2.24. The van der Waals surface area contributed by atoms with Gasteiger partial charge in [0, 0.05) is 11.3 Å². The molecule has 5 heteroatoms. The summed E-state index contributed by atoms with van der Waals surface area (Å²) in [5, 5.41) is 12.7. The van der Waals surface area contributed by atoms with Crippen molar-refractivity contribution in [1.82, 2.24) is 4.98 Å². The molecule has 140 valence electrons. The number of ether oxygens (including phenoxy) is 1. The van der Waals surface area contributed by atoms with Gasteiger partial charge in [0.05, 0.1) is 17.9 Å². The molecular weight excluding hydrogens is 350 g/mol. The number of carbonyl (C=O) groups excluding carboxylic acids is 1. The number of rotatable bonds is 5. The van der Waals surface area contributed by atoms with Gasteiger partial charge in [-0.25, -0.2) is 4.98 Å². The molecule has 0 bridgehead atoms. The van der Waals surface area contributed by atoms with Crippen molar-refractivity contribution in [1.29, 1.82) is 5.26 Å². The Morgan fingerprint density at radius 3 is 2.39 bits per heavy atom. The van der Waals surface area contributed by atoms with E-state index in [4.69, 9.17) is 4.74 Å². The van der Waals surface area contributed by atoms with Crippen LogP contribution in [0.5, 0.6) is 5.88 Å². The summed E-state index contributed by atoms with van der Waals surface area (Å²) in [6.07, 6.45) is 0. The predicted octanol–water partition coefficient (Wildman–Crippen LogP) is 4.89. The molecule has 0 radical (unpaired) electrons. The van der Waals surface area contributed by atoms with E-state index >= 15 is 0 Å². The van der Waals surface area contributed by atoms with Crippen LogP contribution in [0.3, 0.4) is 0 Å². The molecule has 2 aromatic carbocycles. The zero-order valence-corrected chi connectivity index (χ0v) is 16.1. The summed E-state index contributed by atoms with van der Waals surface area (Å²) in [5.41, 5.74) is 4.20. The van der Waals surface area contributed by atoms with E-state index in [0.29, 0.717) is 29.1 Å². The van der Waals surface area contributed by atoms with Crippen LogP contribution < -0.4 is 10.1 Å². The van der Waals surface area contributed by atoms with Crippen LogP contribution in [-0.2, 0) is 0 Å². The molecule has 1 N–H and O–H groups in total. The number of amides is 1. The van der Waals surface area contributed by atoms with Crippen molar-refractivity contribution in [3.05, 3.63) is 77.0 Å². The summed E-state index contributed by atoms with van der Waals surface area (Å²) in [7, 11) is 0. The molecule has 0 saturated heterocycles. The SMILES string of the molecule is CCOc1nc(C)c(C(=O)Nc2ccccc2)c(-c2ccc(C)cc2)c1C#N. The number of hydrogen-bond acceptors (Lipinski definition) is 4. The van der Waals surface area contributed by atoms with E-state index in [1.54, 1.807) is 6.92 Å². The maximum absolute atomic E-state index is 13.1. The molecule has 0 spiro atoms. The fourth-order valence-electron chi connectivity index (χ4n) is 3.02. The third kappa shape index (κ3) is 3.86. The second kappa shape index (κ2) is 8.36. The summed E-state index contributed by atoms with van der Waals surface area (Å²) in [6.45, 7) is 5.95. The zero-order valence-electron chi connectivity index (χ0n) is 16.1. The highest BCUT2D eigenvalue weighted by atomic mass is 16.5. The van der Waals surface area contributed by atoms with Gasteiger partial charge in [-0.2, -0.15) is 5.26 Å².